The van der Waals surface area contributed by atoms with Crippen molar-refractivity contribution in [3.05, 3.63) is 30.1 Å². The van der Waals surface area contributed by atoms with Crippen molar-refractivity contribution in [2.75, 3.05) is 0 Å². The van der Waals surface area contributed by atoms with Gasteiger partial charge in [0.25, 0.3) is 0 Å². The lowest BCUT2D eigenvalue weighted by Crippen LogP contribution is -2.15. The quantitative estimate of drug-likeness (QED) is 0.846. The van der Waals surface area contributed by atoms with Crippen molar-refractivity contribution in [2.45, 2.75) is 25.4 Å². The monoisotopic (exact) mass is 220 g/mol. The Balaban J connectivity index is 0.000000720. The molecule has 1 fully saturated rings. The SMILES string of the molecule is Cl.Cl.c1cncc(CNC2CC2)c1. The summed E-state index contributed by atoms with van der Waals surface area (Å²) in [7, 11) is 0. The number of hydrogen-bond donors (Lipinski definition) is 1. The molecular formula is C9H14Cl2N2. The second-order valence-electron chi connectivity index (χ2n) is 3.02. The minimum atomic E-state index is 0. The molecular weight excluding hydrogens is 207 g/mol. The highest BCUT2D eigenvalue weighted by Gasteiger charge is 2.19. The van der Waals surface area contributed by atoms with E-state index in [2.05, 4.69) is 16.4 Å². The smallest absolute Gasteiger partial charge is 0.0312 e. The minimum Gasteiger partial charge on any atom is -0.310 e. The van der Waals surface area contributed by atoms with E-state index in [9.17, 15) is 0 Å². The second-order valence-corrected chi connectivity index (χ2v) is 3.02. The first kappa shape index (κ1) is 12.7. The molecule has 1 saturated carbocycles. The van der Waals surface area contributed by atoms with Gasteiger partial charge in [-0.2, -0.15) is 0 Å². The molecule has 0 bridgehead atoms. The molecule has 0 unspecified atom stereocenters. The first-order chi connectivity index (χ1) is 5.45. The summed E-state index contributed by atoms with van der Waals surface area (Å²) in [4.78, 5) is 4.04. The normalized spacial score (nSPS) is 14.2. The van der Waals surface area contributed by atoms with E-state index in [0.29, 0.717) is 0 Å². The van der Waals surface area contributed by atoms with Gasteiger partial charge >= 0.3 is 0 Å². The fourth-order valence-electron chi connectivity index (χ4n) is 1.05. The summed E-state index contributed by atoms with van der Waals surface area (Å²) in [5.74, 6) is 0. The van der Waals surface area contributed by atoms with E-state index in [1.807, 2.05) is 12.3 Å². The molecule has 0 aliphatic heterocycles. The molecule has 1 N–H and O–H groups in total. The Bertz CT molecular complexity index is 224. The minimum absolute atomic E-state index is 0. The van der Waals surface area contributed by atoms with Gasteiger partial charge in [0.15, 0.2) is 0 Å². The molecule has 1 aromatic heterocycles. The van der Waals surface area contributed by atoms with Gasteiger partial charge in [0.05, 0.1) is 0 Å². The molecule has 2 rings (SSSR count). The van der Waals surface area contributed by atoms with Crippen molar-refractivity contribution in [1.29, 1.82) is 0 Å². The van der Waals surface area contributed by atoms with Crippen molar-refractivity contribution in [3.8, 4) is 0 Å². The molecule has 74 valence electrons. The molecule has 0 atom stereocenters. The van der Waals surface area contributed by atoms with Crippen LogP contribution in [-0.2, 0) is 6.54 Å². The van der Waals surface area contributed by atoms with Crippen LogP contribution in [0.15, 0.2) is 24.5 Å². The van der Waals surface area contributed by atoms with Gasteiger partial charge in [-0.25, -0.2) is 0 Å². The standard InChI is InChI=1S/C9H12N2.2ClH/c1-2-8(6-10-5-1)7-11-9-3-4-9;;/h1-2,5-6,9,11H,3-4,7H2;2*1H. The molecule has 0 spiro atoms. The van der Waals surface area contributed by atoms with E-state index in [1.165, 1.54) is 18.4 Å². The molecule has 13 heavy (non-hydrogen) atoms. The van der Waals surface area contributed by atoms with Crippen molar-refractivity contribution in [2.24, 2.45) is 0 Å². The van der Waals surface area contributed by atoms with Gasteiger partial charge in [0.2, 0.25) is 0 Å². The van der Waals surface area contributed by atoms with Gasteiger partial charge < -0.3 is 5.32 Å². The van der Waals surface area contributed by atoms with Crippen LogP contribution in [0.4, 0.5) is 0 Å². The predicted molar refractivity (Wildman–Crippen MR) is 58.6 cm³/mol. The average Bonchev–Trinajstić information content (AvgIpc) is 2.86. The third-order valence-electron chi connectivity index (χ3n) is 1.90. The molecule has 1 aliphatic rings. The summed E-state index contributed by atoms with van der Waals surface area (Å²) in [6.45, 7) is 0.971. The molecule has 1 heterocycles. The molecule has 0 radical (unpaired) electrons. The Morgan fingerprint density at radius 3 is 2.69 bits per heavy atom. The summed E-state index contributed by atoms with van der Waals surface area (Å²) < 4.78 is 0. The van der Waals surface area contributed by atoms with Crippen LogP contribution in [0.25, 0.3) is 0 Å². The summed E-state index contributed by atoms with van der Waals surface area (Å²) in [5.41, 5.74) is 1.28. The van der Waals surface area contributed by atoms with Crippen molar-refractivity contribution < 1.29 is 0 Å². The number of halogens is 2. The number of pyridine rings is 1. The van der Waals surface area contributed by atoms with Gasteiger partial charge in [-0.15, -0.1) is 24.8 Å². The lowest BCUT2D eigenvalue weighted by molar-refractivity contribution is 0.686. The zero-order chi connectivity index (χ0) is 7.52. The first-order valence-electron chi connectivity index (χ1n) is 4.07. The zero-order valence-electron chi connectivity index (χ0n) is 7.27. The fraction of sp³-hybridized carbons (Fsp3) is 0.444. The highest BCUT2D eigenvalue weighted by molar-refractivity contribution is 5.85. The number of rotatable bonds is 3. The maximum atomic E-state index is 4.04. The Hall–Kier alpha value is -0.310. The third-order valence-corrected chi connectivity index (χ3v) is 1.90. The van der Waals surface area contributed by atoms with Crippen LogP contribution < -0.4 is 5.32 Å². The van der Waals surface area contributed by atoms with E-state index in [4.69, 9.17) is 0 Å². The van der Waals surface area contributed by atoms with Crippen molar-refractivity contribution >= 4 is 24.8 Å². The Labute approximate surface area is 91.0 Å². The van der Waals surface area contributed by atoms with E-state index in [-0.39, 0.29) is 24.8 Å². The van der Waals surface area contributed by atoms with Gasteiger partial charge in [-0.1, -0.05) is 6.07 Å². The van der Waals surface area contributed by atoms with Crippen LogP contribution in [0.5, 0.6) is 0 Å². The van der Waals surface area contributed by atoms with E-state index < -0.39 is 0 Å². The third kappa shape index (κ3) is 4.46. The molecule has 1 aliphatic carbocycles. The lowest BCUT2D eigenvalue weighted by Gasteiger charge is -2.00. The maximum Gasteiger partial charge on any atom is 0.0312 e. The van der Waals surface area contributed by atoms with Gasteiger partial charge in [0.1, 0.15) is 0 Å². The maximum absolute atomic E-state index is 4.04. The first-order valence-corrected chi connectivity index (χ1v) is 4.07. The molecule has 0 aromatic carbocycles. The van der Waals surface area contributed by atoms with Crippen LogP contribution in [0, 0.1) is 0 Å². The van der Waals surface area contributed by atoms with Crippen molar-refractivity contribution in [1.82, 2.24) is 10.3 Å². The summed E-state index contributed by atoms with van der Waals surface area (Å²) in [6, 6.07) is 4.86. The number of hydrogen-bond acceptors (Lipinski definition) is 2. The van der Waals surface area contributed by atoms with Crippen LogP contribution >= 0.6 is 24.8 Å². The number of nitrogens with zero attached hydrogens (tertiary/aromatic N) is 1. The molecule has 2 nitrogen and oxygen atoms in total. The highest BCUT2D eigenvalue weighted by Crippen LogP contribution is 2.18. The lowest BCUT2D eigenvalue weighted by atomic mass is 10.3. The summed E-state index contributed by atoms with van der Waals surface area (Å²) in [6.07, 6.45) is 6.41. The highest BCUT2D eigenvalue weighted by atomic mass is 35.5. The molecule has 1 aromatic rings. The van der Waals surface area contributed by atoms with E-state index >= 15 is 0 Å². The molecule has 0 saturated heterocycles. The molecule has 4 heteroatoms. The van der Waals surface area contributed by atoms with Crippen LogP contribution in [-0.4, -0.2) is 11.0 Å². The number of nitrogens with one attached hydrogen (secondary N) is 1. The largest absolute Gasteiger partial charge is 0.310 e. The predicted octanol–water partition coefficient (Wildman–Crippen LogP) is 2.18. The summed E-state index contributed by atoms with van der Waals surface area (Å²) in [5, 5.41) is 3.43. The summed E-state index contributed by atoms with van der Waals surface area (Å²) >= 11 is 0. The number of aromatic nitrogens is 1. The van der Waals surface area contributed by atoms with Crippen molar-refractivity contribution in [3.63, 3.8) is 0 Å². The van der Waals surface area contributed by atoms with Crippen LogP contribution in [0.1, 0.15) is 18.4 Å². The van der Waals surface area contributed by atoms with Gasteiger partial charge in [-0.05, 0) is 24.5 Å². The fourth-order valence-corrected chi connectivity index (χ4v) is 1.05. The second kappa shape index (κ2) is 6.19. The van der Waals surface area contributed by atoms with Gasteiger partial charge in [-0.3, -0.25) is 4.98 Å². The zero-order valence-corrected chi connectivity index (χ0v) is 8.90. The topological polar surface area (TPSA) is 24.9 Å². The van der Waals surface area contributed by atoms with Gasteiger partial charge in [0, 0.05) is 25.0 Å². The van der Waals surface area contributed by atoms with E-state index in [0.717, 1.165) is 12.6 Å². The average molecular weight is 221 g/mol. The Morgan fingerprint density at radius 1 is 1.38 bits per heavy atom. The van der Waals surface area contributed by atoms with Crippen LogP contribution in [0.2, 0.25) is 0 Å². The Morgan fingerprint density at radius 2 is 2.15 bits per heavy atom. The Kier molecular flexibility index (Phi) is 6.04. The van der Waals surface area contributed by atoms with Crippen LogP contribution in [0.3, 0.4) is 0 Å². The molecule has 0 amide bonds. The van der Waals surface area contributed by atoms with E-state index in [1.54, 1.807) is 6.20 Å².